The fraction of sp³-hybridized carbons (Fsp3) is 0.844. The lowest BCUT2D eigenvalue weighted by molar-refractivity contribution is -0.289. The SMILES string of the molecule is CO[C@@H]1C[C@H](O[C@H]2CC[C@]3(C=O)[C@H]4CC[C@]5(C)[C@@H](C6=CC(=O)OC6)CC[C@]5(O)[C@@H]4CC[C@]3(O)C2)O[C@H](C)[C@H]1OC(C)=O. The zero-order chi connectivity index (χ0) is 30.1. The van der Waals surface area contributed by atoms with Gasteiger partial charge in [0.25, 0.3) is 0 Å². The third kappa shape index (κ3) is 4.42. The fourth-order valence-electron chi connectivity index (χ4n) is 10.3. The van der Waals surface area contributed by atoms with Crippen LogP contribution in [0.15, 0.2) is 11.6 Å². The molecule has 42 heavy (non-hydrogen) atoms. The lowest BCUT2D eigenvalue weighted by atomic mass is 9.41. The molecule has 6 rings (SSSR count). The number of carbonyl (C=O) groups is 3. The van der Waals surface area contributed by atoms with E-state index in [-0.39, 0.29) is 35.9 Å². The Bertz CT molecular complexity index is 1140. The van der Waals surface area contributed by atoms with E-state index in [4.69, 9.17) is 23.7 Å². The summed E-state index contributed by atoms with van der Waals surface area (Å²) in [6.07, 6.45) is 6.06. The van der Waals surface area contributed by atoms with E-state index < -0.39 is 46.5 Å². The summed E-state index contributed by atoms with van der Waals surface area (Å²) >= 11 is 0. The number of aldehydes is 1. The highest BCUT2D eigenvalue weighted by Gasteiger charge is 2.71. The van der Waals surface area contributed by atoms with Crippen molar-refractivity contribution in [3.8, 4) is 0 Å². The average molecular weight is 591 g/mol. The molecule has 2 aliphatic heterocycles. The molecule has 6 aliphatic rings. The molecule has 0 radical (unpaired) electrons. The van der Waals surface area contributed by atoms with Gasteiger partial charge in [-0.1, -0.05) is 6.92 Å². The maximum atomic E-state index is 13.1. The average Bonchev–Trinajstić information content (AvgIpc) is 3.48. The van der Waals surface area contributed by atoms with Crippen LogP contribution in [0.2, 0.25) is 0 Å². The first kappa shape index (κ1) is 30.2. The van der Waals surface area contributed by atoms with Crippen molar-refractivity contribution in [1.82, 2.24) is 0 Å². The Labute approximate surface area is 247 Å². The molecule has 1 saturated heterocycles. The van der Waals surface area contributed by atoms with E-state index in [0.29, 0.717) is 51.6 Å². The van der Waals surface area contributed by atoms with E-state index in [2.05, 4.69) is 6.92 Å². The summed E-state index contributed by atoms with van der Waals surface area (Å²) in [7, 11) is 1.57. The lowest BCUT2D eigenvalue weighted by Gasteiger charge is -2.65. The summed E-state index contributed by atoms with van der Waals surface area (Å²) in [4.78, 5) is 36.5. The third-order valence-electron chi connectivity index (χ3n) is 12.4. The van der Waals surface area contributed by atoms with Crippen molar-refractivity contribution in [2.24, 2.45) is 28.6 Å². The monoisotopic (exact) mass is 590 g/mol. The number of ether oxygens (including phenoxy) is 5. The summed E-state index contributed by atoms with van der Waals surface area (Å²) < 4.78 is 28.7. The van der Waals surface area contributed by atoms with E-state index in [1.807, 2.05) is 6.92 Å². The molecule has 0 aromatic carbocycles. The fourth-order valence-corrected chi connectivity index (χ4v) is 10.3. The van der Waals surface area contributed by atoms with Gasteiger partial charge in [-0.2, -0.15) is 0 Å². The van der Waals surface area contributed by atoms with Crippen LogP contribution in [-0.2, 0) is 38.1 Å². The number of esters is 2. The zero-order valence-electron chi connectivity index (χ0n) is 25.2. The van der Waals surface area contributed by atoms with Gasteiger partial charge < -0.3 is 38.7 Å². The smallest absolute Gasteiger partial charge is 0.331 e. The Morgan fingerprint density at radius 2 is 1.86 bits per heavy atom. The molecule has 2 N–H and O–H groups in total. The molecule has 4 saturated carbocycles. The van der Waals surface area contributed by atoms with Gasteiger partial charge in [0.15, 0.2) is 12.4 Å². The van der Waals surface area contributed by atoms with Crippen molar-refractivity contribution in [2.45, 2.75) is 127 Å². The molecule has 10 heteroatoms. The summed E-state index contributed by atoms with van der Waals surface area (Å²) in [5, 5.41) is 24.7. The molecule has 4 aliphatic carbocycles. The van der Waals surface area contributed by atoms with Crippen molar-refractivity contribution in [2.75, 3.05) is 13.7 Å². The Balaban J connectivity index is 1.18. The second kappa shape index (κ2) is 10.6. The second-order valence-electron chi connectivity index (χ2n) is 14.1. The second-order valence-corrected chi connectivity index (χ2v) is 14.1. The molecule has 10 nitrogen and oxygen atoms in total. The van der Waals surface area contributed by atoms with Gasteiger partial charge >= 0.3 is 11.9 Å². The summed E-state index contributed by atoms with van der Waals surface area (Å²) in [5.74, 6) is -0.871. The summed E-state index contributed by atoms with van der Waals surface area (Å²) in [6.45, 7) is 5.63. The molecule has 0 aromatic rings. The summed E-state index contributed by atoms with van der Waals surface area (Å²) in [5.41, 5.74) is -2.60. The van der Waals surface area contributed by atoms with Gasteiger partial charge in [-0.05, 0) is 81.6 Å². The number of aliphatic hydroxyl groups is 2. The van der Waals surface area contributed by atoms with Gasteiger partial charge in [-0.25, -0.2) is 4.79 Å². The van der Waals surface area contributed by atoms with Crippen LogP contribution in [0.1, 0.15) is 85.0 Å². The van der Waals surface area contributed by atoms with Gasteiger partial charge in [0, 0.05) is 38.4 Å². The molecule has 0 aromatic heterocycles. The first-order chi connectivity index (χ1) is 19.9. The van der Waals surface area contributed by atoms with Gasteiger partial charge in [0.1, 0.15) is 19.0 Å². The van der Waals surface area contributed by atoms with Gasteiger partial charge in [0.2, 0.25) is 0 Å². The molecule has 2 heterocycles. The number of rotatable bonds is 6. The van der Waals surface area contributed by atoms with Crippen LogP contribution in [0.4, 0.5) is 0 Å². The number of carbonyl (C=O) groups excluding carboxylic acids is 3. The van der Waals surface area contributed by atoms with Crippen molar-refractivity contribution in [1.29, 1.82) is 0 Å². The normalized spacial score (nSPS) is 50.1. The molecular formula is C32H46O10. The highest BCUT2D eigenvalue weighted by Crippen LogP contribution is 2.70. The maximum Gasteiger partial charge on any atom is 0.331 e. The van der Waals surface area contributed by atoms with Crippen molar-refractivity contribution < 1.29 is 48.3 Å². The Hall–Kier alpha value is -1.85. The number of methoxy groups -OCH3 is 1. The van der Waals surface area contributed by atoms with Crippen LogP contribution in [0.3, 0.4) is 0 Å². The van der Waals surface area contributed by atoms with Crippen molar-refractivity contribution in [3.05, 3.63) is 11.6 Å². The standard InChI is InChI=1S/C32H46O10/c1-18-28(41-19(2)34)25(38-4)14-27(40-18)42-21-5-10-30(17-33)23-6-9-29(3)22(20-13-26(35)39-16-20)8-12-32(29,37)24(23)7-11-31(30,36)15-21/h13,17-18,21-25,27-28,36-37H,5-12,14-16H2,1-4H3/t18-,21+,22-,23+,24-,25-,27+,28-,29-,30+,31+,32+/m1/s1. The van der Waals surface area contributed by atoms with Crippen LogP contribution in [-0.4, -0.2) is 84.1 Å². The first-order valence-corrected chi connectivity index (χ1v) is 15.7. The van der Waals surface area contributed by atoms with Crippen molar-refractivity contribution in [3.63, 3.8) is 0 Å². The predicted octanol–water partition coefficient (Wildman–Crippen LogP) is 3.00. The number of fused-ring (bicyclic) bond motifs is 5. The Kier molecular flexibility index (Phi) is 7.65. The van der Waals surface area contributed by atoms with Crippen LogP contribution in [0, 0.1) is 28.6 Å². The maximum absolute atomic E-state index is 13.1. The molecular weight excluding hydrogens is 544 g/mol. The van der Waals surface area contributed by atoms with Gasteiger partial charge in [-0.15, -0.1) is 0 Å². The minimum absolute atomic E-state index is 0.0706. The molecule has 0 amide bonds. The minimum Gasteiger partial charge on any atom is -0.458 e. The molecule has 0 unspecified atom stereocenters. The molecule has 5 fully saturated rings. The first-order valence-electron chi connectivity index (χ1n) is 15.7. The number of cyclic esters (lactones) is 1. The topological polar surface area (TPSA) is 138 Å². The molecule has 234 valence electrons. The number of hydrogen-bond donors (Lipinski definition) is 2. The van der Waals surface area contributed by atoms with E-state index in [1.165, 1.54) is 6.92 Å². The summed E-state index contributed by atoms with van der Waals surface area (Å²) in [6, 6.07) is 0. The largest absolute Gasteiger partial charge is 0.458 e. The lowest BCUT2D eigenvalue weighted by Crippen LogP contribution is -2.69. The minimum atomic E-state index is -1.24. The molecule has 0 bridgehead atoms. The quantitative estimate of drug-likeness (QED) is 0.270. The Morgan fingerprint density at radius 1 is 1.10 bits per heavy atom. The van der Waals surface area contributed by atoms with Gasteiger partial charge in [0.05, 0.1) is 28.8 Å². The predicted molar refractivity (Wildman–Crippen MR) is 148 cm³/mol. The van der Waals surface area contributed by atoms with Crippen molar-refractivity contribution >= 4 is 18.2 Å². The highest BCUT2D eigenvalue weighted by molar-refractivity contribution is 5.85. The molecule has 12 atom stereocenters. The van der Waals surface area contributed by atoms with E-state index >= 15 is 0 Å². The number of hydrogen-bond acceptors (Lipinski definition) is 10. The van der Waals surface area contributed by atoms with Gasteiger partial charge in [-0.3, -0.25) is 4.79 Å². The van der Waals surface area contributed by atoms with Crippen LogP contribution in [0.5, 0.6) is 0 Å². The van der Waals surface area contributed by atoms with E-state index in [1.54, 1.807) is 13.2 Å². The zero-order valence-corrected chi connectivity index (χ0v) is 25.2. The third-order valence-corrected chi connectivity index (χ3v) is 12.4. The molecule has 0 spiro atoms. The van der Waals surface area contributed by atoms with Crippen LogP contribution in [0.25, 0.3) is 0 Å². The van der Waals surface area contributed by atoms with E-state index in [0.717, 1.165) is 31.1 Å². The van der Waals surface area contributed by atoms with Crippen LogP contribution >= 0.6 is 0 Å². The van der Waals surface area contributed by atoms with Crippen LogP contribution < -0.4 is 0 Å². The highest BCUT2D eigenvalue weighted by atomic mass is 16.7. The van der Waals surface area contributed by atoms with E-state index in [9.17, 15) is 24.6 Å². The Morgan fingerprint density at radius 3 is 2.52 bits per heavy atom.